The van der Waals surface area contributed by atoms with Gasteiger partial charge in [-0.15, -0.1) is 6.58 Å². The van der Waals surface area contributed by atoms with Crippen LogP contribution in [0.3, 0.4) is 0 Å². The fraction of sp³-hybridized carbons (Fsp3) is 0.417. The van der Waals surface area contributed by atoms with Gasteiger partial charge < -0.3 is 14.3 Å². The Balaban J connectivity index is 3.23. The van der Waals surface area contributed by atoms with Gasteiger partial charge in [0.15, 0.2) is 5.76 Å². The third kappa shape index (κ3) is 2.81. The Kier molecular flexibility index (Phi) is 4.41. The van der Waals surface area contributed by atoms with E-state index in [0.717, 1.165) is 6.07 Å². The third-order valence-corrected chi connectivity index (χ3v) is 2.34. The fourth-order valence-corrected chi connectivity index (χ4v) is 1.42. The fourth-order valence-electron chi connectivity index (χ4n) is 1.42. The van der Waals surface area contributed by atoms with E-state index in [1.807, 2.05) is 0 Å². The highest BCUT2D eigenvalue weighted by Gasteiger charge is 2.64. The number of allylic oxidation sites excluding steroid dienone is 1. The maximum absolute atomic E-state index is 12.9. The first-order valence-corrected chi connectivity index (χ1v) is 5.43. The number of rotatable bonds is 5. The summed E-state index contributed by atoms with van der Waals surface area (Å²) in [5.41, 5.74) is -3.80. The van der Waals surface area contributed by atoms with Crippen LogP contribution in [-0.4, -0.2) is 23.9 Å². The molecule has 1 N–H and O–H groups in total. The molecule has 0 bridgehead atoms. The number of hydrogen-bond acceptors (Lipinski definition) is 4. The molecule has 0 aromatic carbocycles. The van der Waals surface area contributed by atoms with Gasteiger partial charge in [0.1, 0.15) is 5.76 Å². The van der Waals surface area contributed by atoms with E-state index < -0.39 is 23.5 Å². The predicted molar refractivity (Wildman–Crippen MR) is 59.2 cm³/mol. The van der Waals surface area contributed by atoms with E-state index in [9.17, 15) is 23.1 Å². The minimum absolute atomic E-state index is 0.150. The monoisotopic (exact) mass is 278 g/mol. The minimum Gasteiger partial charge on any atom is -0.463 e. The van der Waals surface area contributed by atoms with Gasteiger partial charge in [0, 0.05) is 6.42 Å². The molecular formula is C12H13F3O4. The molecular weight excluding hydrogens is 265 g/mol. The summed E-state index contributed by atoms with van der Waals surface area (Å²) in [6.45, 7) is 4.44. The van der Waals surface area contributed by atoms with E-state index in [2.05, 4.69) is 11.3 Å². The summed E-state index contributed by atoms with van der Waals surface area (Å²) in [7, 11) is 0. The first-order valence-electron chi connectivity index (χ1n) is 5.43. The van der Waals surface area contributed by atoms with Gasteiger partial charge in [-0.25, -0.2) is 4.79 Å². The standard InChI is InChI=1S/C12H13F3O4/c1-3-5-8-6-7-9(19-8)11(17,12(13,14)15)10(16)18-4-2/h3,6-7,17H,1,4-5H2,2H3/t11-/m1/s1. The van der Waals surface area contributed by atoms with Crippen molar-refractivity contribution < 1.29 is 32.2 Å². The lowest BCUT2D eigenvalue weighted by Crippen LogP contribution is -2.50. The molecule has 106 valence electrons. The van der Waals surface area contributed by atoms with Crippen LogP contribution in [0.4, 0.5) is 13.2 Å². The van der Waals surface area contributed by atoms with Crippen LogP contribution < -0.4 is 0 Å². The molecule has 0 saturated carbocycles. The molecule has 1 heterocycles. The van der Waals surface area contributed by atoms with E-state index in [0.29, 0.717) is 0 Å². The zero-order valence-electron chi connectivity index (χ0n) is 10.2. The summed E-state index contributed by atoms with van der Waals surface area (Å²) in [5, 5.41) is 9.68. The molecule has 1 aromatic rings. The van der Waals surface area contributed by atoms with E-state index in [1.54, 1.807) is 0 Å². The predicted octanol–water partition coefficient (Wildman–Crippen LogP) is 2.32. The van der Waals surface area contributed by atoms with Crippen LogP contribution in [0.1, 0.15) is 18.4 Å². The Labute approximate surface area is 107 Å². The van der Waals surface area contributed by atoms with Crippen molar-refractivity contribution in [2.24, 2.45) is 0 Å². The second-order valence-electron chi connectivity index (χ2n) is 3.69. The number of carbonyl (C=O) groups is 1. The number of aliphatic hydroxyl groups is 1. The number of halogens is 3. The van der Waals surface area contributed by atoms with E-state index in [4.69, 9.17) is 4.42 Å². The van der Waals surface area contributed by atoms with Crippen molar-refractivity contribution in [2.75, 3.05) is 6.61 Å². The topological polar surface area (TPSA) is 59.7 Å². The highest BCUT2D eigenvalue weighted by Crippen LogP contribution is 2.40. The Morgan fingerprint density at radius 2 is 2.16 bits per heavy atom. The van der Waals surface area contributed by atoms with Crippen molar-refractivity contribution in [1.82, 2.24) is 0 Å². The minimum atomic E-state index is -5.25. The zero-order valence-corrected chi connectivity index (χ0v) is 10.2. The first kappa shape index (κ1) is 15.3. The maximum atomic E-state index is 12.9. The van der Waals surface area contributed by atoms with Crippen LogP contribution in [0, 0.1) is 0 Å². The van der Waals surface area contributed by atoms with Crippen LogP contribution >= 0.6 is 0 Å². The SMILES string of the molecule is C=CCc1ccc([C@@](O)(C(=O)OCC)C(F)(F)F)o1. The van der Waals surface area contributed by atoms with Gasteiger partial charge in [-0.3, -0.25) is 0 Å². The second kappa shape index (κ2) is 5.48. The van der Waals surface area contributed by atoms with Gasteiger partial charge in [0.2, 0.25) is 0 Å². The molecule has 1 atom stereocenters. The number of carbonyl (C=O) groups excluding carboxylic acids is 1. The molecule has 1 aromatic heterocycles. The van der Waals surface area contributed by atoms with E-state index >= 15 is 0 Å². The Bertz CT molecular complexity index is 464. The van der Waals surface area contributed by atoms with E-state index in [1.165, 1.54) is 19.1 Å². The van der Waals surface area contributed by atoms with Crippen LogP contribution in [0.25, 0.3) is 0 Å². The molecule has 0 saturated heterocycles. The van der Waals surface area contributed by atoms with Gasteiger partial charge in [-0.1, -0.05) is 6.08 Å². The third-order valence-electron chi connectivity index (χ3n) is 2.34. The largest absolute Gasteiger partial charge is 0.463 e. The van der Waals surface area contributed by atoms with Gasteiger partial charge in [0.05, 0.1) is 6.61 Å². The number of ether oxygens (including phenoxy) is 1. The first-order chi connectivity index (χ1) is 8.77. The number of esters is 1. The molecule has 0 unspecified atom stereocenters. The average molecular weight is 278 g/mol. The summed E-state index contributed by atoms with van der Waals surface area (Å²) in [6, 6.07) is 2.12. The molecule has 0 spiro atoms. The van der Waals surface area contributed by atoms with Gasteiger partial charge in [-0.2, -0.15) is 13.2 Å². The molecule has 0 radical (unpaired) electrons. The molecule has 7 heteroatoms. The molecule has 0 fully saturated rings. The van der Waals surface area contributed by atoms with Crippen LogP contribution in [0.5, 0.6) is 0 Å². The smallest absolute Gasteiger partial charge is 0.435 e. The number of alkyl halides is 3. The molecule has 0 aliphatic rings. The van der Waals surface area contributed by atoms with Crippen LogP contribution in [0.2, 0.25) is 0 Å². The summed E-state index contributed by atoms with van der Waals surface area (Å²) in [5.74, 6) is -2.59. The van der Waals surface area contributed by atoms with Crippen LogP contribution in [-0.2, 0) is 21.6 Å². The Morgan fingerprint density at radius 3 is 2.63 bits per heavy atom. The molecule has 4 nitrogen and oxygen atoms in total. The lowest BCUT2D eigenvalue weighted by molar-refractivity contribution is -0.272. The lowest BCUT2D eigenvalue weighted by Gasteiger charge is -2.25. The highest BCUT2D eigenvalue weighted by molar-refractivity contribution is 5.81. The summed E-state index contributed by atoms with van der Waals surface area (Å²) in [6.07, 6.45) is -3.65. The van der Waals surface area contributed by atoms with Crippen molar-refractivity contribution in [3.05, 3.63) is 36.3 Å². The summed E-state index contributed by atoms with van der Waals surface area (Å²) in [4.78, 5) is 11.4. The average Bonchev–Trinajstić information content (AvgIpc) is 2.76. The molecule has 1 rings (SSSR count). The normalized spacial score (nSPS) is 14.8. The summed E-state index contributed by atoms with van der Waals surface area (Å²) < 4.78 is 47.9. The number of hydrogen-bond donors (Lipinski definition) is 1. The number of furan rings is 1. The Hall–Kier alpha value is -1.76. The second-order valence-corrected chi connectivity index (χ2v) is 3.69. The molecule has 0 aliphatic carbocycles. The van der Waals surface area contributed by atoms with Gasteiger partial charge in [0.25, 0.3) is 0 Å². The van der Waals surface area contributed by atoms with Crippen molar-refractivity contribution in [3.63, 3.8) is 0 Å². The summed E-state index contributed by atoms with van der Waals surface area (Å²) >= 11 is 0. The highest BCUT2D eigenvalue weighted by atomic mass is 19.4. The van der Waals surface area contributed by atoms with Crippen molar-refractivity contribution in [2.45, 2.75) is 25.1 Å². The van der Waals surface area contributed by atoms with Gasteiger partial charge >= 0.3 is 17.7 Å². The zero-order chi connectivity index (χ0) is 14.7. The van der Waals surface area contributed by atoms with Crippen molar-refractivity contribution >= 4 is 5.97 Å². The van der Waals surface area contributed by atoms with Crippen molar-refractivity contribution in [3.8, 4) is 0 Å². The van der Waals surface area contributed by atoms with Crippen molar-refractivity contribution in [1.29, 1.82) is 0 Å². The van der Waals surface area contributed by atoms with E-state index in [-0.39, 0.29) is 18.8 Å². The Morgan fingerprint density at radius 1 is 1.53 bits per heavy atom. The van der Waals surface area contributed by atoms with Gasteiger partial charge in [-0.05, 0) is 19.1 Å². The molecule has 19 heavy (non-hydrogen) atoms. The molecule has 0 aliphatic heterocycles. The molecule has 0 amide bonds. The lowest BCUT2D eigenvalue weighted by atomic mass is 10.0. The van der Waals surface area contributed by atoms with Crippen LogP contribution in [0.15, 0.2) is 29.2 Å². The quantitative estimate of drug-likeness (QED) is 0.663. The maximum Gasteiger partial charge on any atom is 0.435 e.